The number of amides is 1. The molecule has 1 amide bonds. The van der Waals surface area contributed by atoms with Crippen LogP contribution >= 0.6 is 0 Å². The second-order valence-electron chi connectivity index (χ2n) is 4.57. The lowest BCUT2D eigenvalue weighted by atomic mass is 10.1. The minimum Gasteiger partial charge on any atom is -0.354 e. The molecule has 0 aliphatic heterocycles. The second kappa shape index (κ2) is 6.81. The van der Waals surface area contributed by atoms with E-state index in [9.17, 15) is 4.79 Å². The van der Waals surface area contributed by atoms with Crippen LogP contribution in [0.25, 0.3) is 0 Å². The summed E-state index contributed by atoms with van der Waals surface area (Å²) in [6.07, 6.45) is 1.02. The third kappa shape index (κ3) is 4.17. The van der Waals surface area contributed by atoms with E-state index in [0.29, 0.717) is 31.1 Å². The Hall–Kier alpha value is -2.21. The molecule has 0 fully saturated rings. The smallest absolute Gasteiger partial charge is 0.237 e. The van der Waals surface area contributed by atoms with Gasteiger partial charge in [-0.15, -0.1) is 0 Å². The van der Waals surface area contributed by atoms with Gasteiger partial charge in [-0.25, -0.2) is 0 Å². The van der Waals surface area contributed by atoms with Gasteiger partial charge >= 0.3 is 0 Å². The van der Waals surface area contributed by atoms with E-state index in [2.05, 4.69) is 15.5 Å². The van der Waals surface area contributed by atoms with Gasteiger partial charge in [-0.3, -0.25) is 4.79 Å². The van der Waals surface area contributed by atoms with Crippen LogP contribution in [0.1, 0.15) is 17.3 Å². The second-order valence-corrected chi connectivity index (χ2v) is 4.57. The molecule has 0 aliphatic rings. The summed E-state index contributed by atoms with van der Waals surface area (Å²) < 4.78 is 4.96. The highest BCUT2D eigenvalue weighted by Crippen LogP contribution is 2.02. The predicted octanol–water partition coefficient (Wildman–Crippen LogP) is 0.607. The van der Waals surface area contributed by atoms with E-state index in [1.165, 1.54) is 0 Å². The Bertz CT molecular complexity index is 553. The van der Waals surface area contributed by atoms with Crippen molar-refractivity contribution >= 4 is 5.91 Å². The fourth-order valence-corrected chi connectivity index (χ4v) is 1.83. The Balaban J connectivity index is 1.74. The molecule has 0 saturated carbocycles. The van der Waals surface area contributed by atoms with Crippen molar-refractivity contribution in [3.8, 4) is 0 Å². The Labute approximate surface area is 117 Å². The van der Waals surface area contributed by atoms with Crippen molar-refractivity contribution in [2.45, 2.75) is 25.8 Å². The van der Waals surface area contributed by atoms with Gasteiger partial charge in [0.05, 0.1) is 6.04 Å². The molecule has 1 aromatic heterocycles. The van der Waals surface area contributed by atoms with E-state index in [1.807, 2.05) is 30.3 Å². The van der Waals surface area contributed by atoms with Crippen molar-refractivity contribution in [3.05, 3.63) is 47.6 Å². The number of hydrogen-bond acceptors (Lipinski definition) is 5. The maximum Gasteiger partial charge on any atom is 0.237 e. The lowest BCUT2D eigenvalue weighted by molar-refractivity contribution is -0.122. The number of hydrogen-bond donors (Lipinski definition) is 2. The molecule has 1 heterocycles. The molecule has 106 valence electrons. The average Bonchev–Trinajstić information content (AvgIpc) is 2.85. The fraction of sp³-hybridized carbons (Fsp3) is 0.357. The van der Waals surface area contributed by atoms with Crippen molar-refractivity contribution in [1.82, 2.24) is 15.5 Å². The summed E-state index contributed by atoms with van der Waals surface area (Å²) in [6.45, 7) is 2.18. The third-order valence-corrected chi connectivity index (χ3v) is 2.84. The Kier molecular flexibility index (Phi) is 4.84. The lowest BCUT2D eigenvalue weighted by Gasteiger charge is -2.11. The van der Waals surface area contributed by atoms with Gasteiger partial charge in [0, 0.05) is 13.0 Å². The van der Waals surface area contributed by atoms with Crippen LogP contribution in [-0.2, 0) is 17.6 Å². The number of nitrogens with zero attached hydrogens (tertiary/aromatic N) is 2. The van der Waals surface area contributed by atoms with Crippen molar-refractivity contribution < 1.29 is 9.32 Å². The topological polar surface area (TPSA) is 94.0 Å². The summed E-state index contributed by atoms with van der Waals surface area (Å²) in [5, 5.41) is 6.45. The lowest BCUT2D eigenvalue weighted by Crippen LogP contribution is -2.42. The number of aromatic nitrogens is 2. The number of nitrogens with two attached hydrogens (primary N) is 1. The number of carbonyl (C=O) groups is 1. The Morgan fingerprint density at radius 3 is 2.80 bits per heavy atom. The van der Waals surface area contributed by atoms with E-state index in [4.69, 9.17) is 10.3 Å². The fourth-order valence-electron chi connectivity index (χ4n) is 1.83. The standard InChI is InChI=1S/C14H18N4O2/c1-10-17-13(20-18-10)7-8-16-14(19)12(15)9-11-5-3-2-4-6-11/h2-6,12H,7-9,15H2,1H3,(H,16,19)/t12-/m0/s1. The van der Waals surface area contributed by atoms with Crippen molar-refractivity contribution in [2.24, 2.45) is 5.73 Å². The first-order valence-electron chi connectivity index (χ1n) is 6.51. The molecule has 1 aromatic carbocycles. The van der Waals surface area contributed by atoms with Gasteiger partial charge in [0.15, 0.2) is 5.82 Å². The van der Waals surface area contributed by atoms with Gasteiger partial charge in [-0.1, -0.05) is 35.5 Å². The SMILES string of the molecule is Cc1noc(CCNC(=O)[C@@H](N)Cc2ccccc2)n1. The van der Waals surface area contributed by atoms with Crippen LogP contribution in [0, 0.1) is 6.92 Å². The number of rotatable bonds is 6. The highest BCUT2D eigenvalue weighted by atomic mass is 16.5. The molecule has 0 spiro atoms. The highest BCUT2D eigenvalue weighted by molar-refractivity contribution is 5.81. The monoisotopic (exact) mass is 274 g/mol. The zero-order valence-corrected chi connectivity index (χ0v) is 11.4. The zero-order chi connectivity index (χ0) is 14.4. The number of benzene rings is 1. The maximum absolute atomic E-state index is 11.8. The van der Waals surface area contributed by atoms with Crippen molar-refractivity contribution in [1.29, 1.82) is 0 Å². The van der Waals surface area contributed by atoms with E-state index in [0.717, 1.165) is 5.56 Å². The summed E-state index contributed by atoms with van der Waals surface area (Å²) >= 11 is 0. The Morgan fingerprint density at radius 2 is 2.15 bits per heavy atom. The van der Waals surface area contributed by atoms with Gasteiger partial charge in [0.25, 0.3) is 0 Å². The van der Waals surface area contributed by atoms with Crippen LogP contribution in [0.15, 0.2) is 34.9 Å². The molecule has 2 aromatic rings. The molecule has 0 aliphatic carbocycles. The molecular formula is C14H18N4O2. The Morgan fingerprint density at radius 1 is 1.40 bits per heavy atom. The van der Waals surface area contributed by atoms with E-state index in [-0.39, 0.29) is 5.91 Å². The third-order valence-electron chi connectivity index (χ3n) is 2.84. The quantitative estimate of drug-likeness (QED) is 0.804. The van der Waals surface area contributed by atoms with E-state index >= 15 is 0 Å². The van der Waals surface area contributed by atoms with Crippen molar-refractivity contribution in [2.75, 3.05) is 6.54 Å². The molecule has 6 nitrogen and oxygen atoms in total. The minimum absolute atomic E-state index is 0.176. The molecule has 6 heteroatoms. The van der Waals surface area contributed by atoms with Gasteiger partial charge in [0.1, 0.15) is 0 Å². The van der Waals surface area contributed by atoms with Gasteiger partial charge in [0.2, 0.25) is 11.8 Å². The summed E-state index contributed by atoms with van der Waals surface area (Å²) in [4.78, 5) is 15.9. The summed E-state index contributed by atoms with van der Waals surface area (Å²) in [6, 6.07) is 9.14. The number of aryl methyl sites for hydroxylation is 1. The van der Waals surface area contributed by atoms with Gasteiger partial charge in [-0.05, 0) is 18.9 Å². The van der Waals surface area contributed by atoms with Gasteiger partial charge in [-0.2, -0.15) is 4.98 Å². The highest BCUT2D eigenvalue weighted by Gasteiger charge is 2.13. The number of carbonyl (C=O) groups excluding carboxylic acids is 1. The molecule has 0 unspecified atom stereocenters. The van der Waals surface area contributed by atoms with Crippen LogP contribution in [0.2, 0.25) is 0 Å². The first-order chi connectivity index (χ1) is 9.65. The van der Waals surface area contributed by atoms with Crippen LogP contribution in [0.4, 0.5) is 0 Å². The molecular weight excluding hydrogens is 256 g/mol. The largest absolute Gasteiger partial charge is 0.354 e. The van der Waals surface area contributed by atoms with E-state index in [1.54, 1.807) is 6.92 Å². The molecule has 0 bridgehead atoms. The first kappa shape index (κ1) is 14.2. The summed E-state index contributed by atoms with van der Waals surface area (Å²) in [5.41, 5.74) is 6.91. The number of nitrogens with one attached hydrogen (secondary N) is 1. The molecule has 3 N–H and O–H groups in total. The van der Waals surface area contributed by atoms with Crippen molar-refractivity contribution in [3.63, 3.8) is 0 Å². The van der Waals surface area contributed by atoms with Crippen LogP contribution in [-0.4, -0.2) is 28.6 Å². The molecule has 20 heavy (non-hydrogen) atoms. The molecule has 2 rings (SSSR count). The first-order valence-corrected chi connectivity index (χ1v) is 6.51. The van der Waals surface area contributed by atoms with E-state index < -0.39 is 6.04 Å². The van der Waals surface area contributed by atoms with Crippen LogP contribution in [0.3, 0.4) is 0 Å². The maximum atomic E-state index is 11.8. The predicted molar refractivity (Wildman–Crippen MR) is 73.9 cm³/mol. The van der Waals surface area contributed by atoms with Gasteiger partial charge < -0.3 is 15.6 Å². The molecule has 0 radical (unpaired) electrons. The normalized spacial score (nSPS) is 12.1. The zero-order valence-electron chi connectivity index (χ0n) is 11.4. The average molecular weight is 274 g/mol. The minimum atomic E-state index is -0.554. The summed E-state index contributed by atoms with van der Waals surface area (Å²) in [5.74, 6) is 0.927. The van der Waals surface area contributed by atoms with Crippen LogP contribution in [0.5, 0.6) is 0 Å². The molecule has 0 saturated heterocycles. The van der Waals surface area contributed by atoms with Crippen LogP contribution < -0.4 is 11.1 Å². The summed E-state index contributed by atoms with van der Waals surface area (Å²) in [7, 11) is 0. The molecule has 1 atom stereocenters.